The molecule has 2 aromatic carbocycles. The lowest BCUT2D eigenvalue weighted by atomic mass is 10.2. The molecule has 4 aromatic rings. The third-order valence-corrected chi connectivity index (χ3v) is 6.05. The summed E-state index contributed by atoms with van der Waals surface area (Å²) in [5, 5.41) is 12.6. The summed E-state index contributed by atoms with van der Waals surface area (Å²) < 4.78 is 7.29. The zero-order valence-corrected chi connectivity index (χ0v) is 19.3. The molecule has 0 radical (unpaired) electrons. The first-order chi connectivity index (χ1) is 16.7. The van der Waals surface area contributed by atoms with Gasteiger partial charge in [0.25, 0.3) is 0 Å². The predicted molar refractivity (Wildman–Crippen MR) is 133 cm³/mol. The minimum absolute atomic E-state index is 0.587. The van der Waals surface area contributed by atoms with Gasteiger partial charge in [0.15, 0.2) is 17.0 Å². The molecular weight excluding hydrogens is 428 g/mol. The number of aromatic nitrogens is 4. The zero-order valence-electron chi connectivity index (χ0n) is 19.3. The van der Waals surface area contributed by atoms with Crippen LogP contribution in [0.1, 0.15) is 12.5 Å². The number of aryl methyl sites for hydroxylation is 1. The van der Waals surface area contributed by atoms with Gasteiger partial charge in [-0.3, -0.25) is 0 Å². The summed E-state index contributed by atoms with van der Waals surface area (Å²) in [4.78, 5) is 18.9. The lowest BCUT2D eigenvalue weighted by molar-refractivity contribution is 0.415. The number of benzene rings is 2. The number of hydrogen-bond donors (Lipinski definition) is 1. The molecule has 5 rings (SSSR count). The Morgan fingerprint density at radius 1 is 1.03 bits per heavy atom. The van der Waals surface area contributed by atoms with Crippen LogP contribution in [0.4, 0.5) is 23.1 Å². The molecule has 0 saturated carbocycles. The van der Waals surface area contributed by atoms with Gasteiger partial charge in [0.1, 0.15) is 5.75 Å². The molecule has 0 aliphatic carbocycles. The van der Waals surface area contributed by atoms with Crippen molar-refractivity contribution >= 4 is 34.3 Å². The molecule has 1 saturated heterocycles. The average molecular weight is 455 g/mol. The molecule has 1 aliphatic rings. The van der Waals surface area contributed by atoms with Crippen molar-refractivity contribution in [2.24, 2.45) is 0 Å². The van der Waals surface area contributed by atoms with Crippen LogP contribution in [-0.4, -0.2) is 52.8 Å². The van der Waals surface area contributed by atoms with Crippen LogP contribution in [0.5, 0.6) is 5.75 Å². The van der Waals surface area contributed by atoms with Crippen molar-refractivity contribution in [3.8, 4) is 11.8 Å². The van der Waals surface area contributed by atoms with Gasteiger partial charge in [0.05, 0.1) is 25.1 Å². The van der Waals surface area contributed by atoms with Crippen LogP contribution in [-0.2, 0) is 6.54 Å². The van der Waals surface area contributed by atoms with Crippen LogP contribution in [0, 0.1) is 11.3 Å². The Hall–Kier alpha value is -4.32. The van der Waals surface area contributed by atoms with Crippen molar-refractivity contribution in [1.29, 1.82) is 5.26 Å². The normalized spacial score (nSPS) is 13.7. The lowest BCUT2D eigenvalue weighted by Crippen LogP contribution is -2.47. The summed E-state index contributed by atoms with van der Waals surface area (Å²) in [5.74, 6) is 2.17. The quantitative estimate of drug-likeness (QED) is 0.470. The number of imidazole rings is 1. The number of fused-ring (bicyclic) bond motifs is 1. The highest BCUT2D eigenvalue weighted by molar-refractivity contribution is 5.86. The lowest BCUT2D eigenvalue weighted by Gasteiger charge is -2.36. The third-order valence-electron chi connectivity index (χ3n) is 6.05. The van der Waals surface area contributed by atoms with E-state index in [1.165, 1.54) is 5.69 Å². The Kier molecular flexibility index (Phi) is 5.87. The van der Waals surface area contributed by atoms with E-state index in [4.69, 9.17) is 14.7 Å². The first-order valence-corrected chi connectivity index (χ1v) is 11.3. The van der Waals surface area contributed by atoms with E-state index >= 15 is 0 Å². The topological polar surface area (TPSA) is 95.1 Å². The highest BCUT2D eigenvalue weighted by atomic mass is 16.5. The maximum Gasteiger partial charge on any atom is 0.229 e. The average Bonchev–Trinajstić information content (AvgIpc) is 3.32. The highest BCUT2D eigenvalue weighted by Gasteiger charge is 2.22. The number of rotatable bonds is 6. The van der Waals surface area contributed by atoms with Gasteiger partial charge in [0.2, 0.25) is 5.95 Å². The van der Waals surface area contributed by atoms with Crippen LogP contribution >= 0.6 is 0 Å². The molecule has 0 unspecified atom stereocenters. The number of nitriles is 1. The fraction of sp³-hybridized carbons (Fsp3) is 0.280. The number of nitrogens with one attached hydrogen (secondary N) is 1. The predicted octanol–water partition coefficient (Wildman–Crippen LogP) is 3.80. The molecule has 0 spiro atoms. The number of ether oxygens (including phenoxy) is 1. The highest BCUT2D eigenvalue weighted by Crippen LogP contribution is 2.27. The fourth-order valence-electron chi connectivity index (χ4n) is 4.15. The van der Waals surface area contributed by atoms with Crippen molar-refractivity contribution in [3.05, 3.63) is 60.4 Å². The van der Waals surface area contributed by atoms with Crippen molar-refractivity contribution in [1.82, 2.24) is 19.5 Å². The molecule has 0 atom stereocenters. The van der Waals surface area contributed by atoms with E-state index in [2.05, 4.69) is 45.2 Å². The van der Waals surface area contributed by atoms with E-state index in [0.717, 1.165) is 49.8 Å². The second-order valence-corrected chi connectivity index (χ2v) is 8.06. The summed E-state index contributed by atoms with van der Waals surface area (Å²) >= 11 is 0. The second kappa shape index (κ2) is 9.27. The standard InChI is InChI=1S/C25H26N8O/c1-3-31-17-27-22-23(28-19-6-4-5-18(15-19)16-26)29-25(30-24(22)31)33-13-11-32(12-14-33)20-7-9-21(34-2)10-8-20/h4-10,15,17H,3,11-14H2,1-2H3,(H,28,29,30). The largest absolute Gasteiger partial charge is 0.497 e. The Labute approximate surface area is 198 Å². The number of nitrogens with zero attached hydrogens (tertiary/aromatic N) is 7. The van der Waals surface area contributed by atoms with Crippen molar-refractivity contribution in [2.45, 2.75) is 13.5 Å². The summed E-state index contributed by atoms with van der Waals surface area (Å²) in [6.45, 7) is 6.19. The second-order valence-electron chi connectivity index (χ2n) is 8.06. The minimum atomic E-state index is 0.587. The third kappa shape index (κ3) is 4.18. The van der Waals surface area contributed by atoms with E-state index in [-0.39, 0.29) is 0 Å². The monoisotopic (exact) mass is 454 g/mol. The van der Waals surface area contributed by atoms with Gasteiger partial charge in [-0.1, -0.05) is 6.07 Å². The zero-order chi connectivity index (χ0) is 23.5. The molecule has 1 aliphatic heterocycles. The van der Waals surface area contributed by atoms with Crippen LogP contribution in [0.15, 0.2) is 54.9 Å². The van der Waals surface area contributed by atoms with Gasteiger partial charge in [-0.2, -0.15) is 15.2 Å². The maximum atomic E-state index is 9.24. The molecule has 1 N–H and O–H groups in total. The summed E-state index contributed by atoms with van der Waals surface area (Å²) in [6, 6.07) is 17.7. The summed E-state index contributed by atoms with van der Waals surface area (Å²) in [5.41, 5.74) is 4.07. The molecule has 9 heteroatoms. The molecule has 9 nitrogen and oxygen atoms in total. The summed E-state index contributed by atoms with van der Waals surface area (Å²) in [6.07, 6.45) is 1.79. The number of hydrogen-bond acceptors (Lipinski definition) is 8. The number of piperazine rings is 1. The molecule has 2 aromatic heterocycles. The minimum Gasteiger partial charge on any atom is -0.497 e. The van der Waals surface area contributed by atoms with Gasteiger partial charge in [-0.15, -0.1) is 0 Å². The van der Waals surface area contributed by atoms with Gasteiger partial charge in [0, 0.05) is 44.1 Å². The van der Waals surface area contributed by atoms with Crippen molar-refractivity contribution in [2.75, 3.05) is 48.4 Å². The Bertz CT molecular complexity index is 1330. The Morgan fingerprint density at radius 3 is 2.50 bits per heavy atom. The summed E-state index contributed by atoms with van der Waals surface area (Å²) in [7, 11) is 1.68. The Balaban J connectivity index is 1.41. The van der Waals surface area contributed by atoms with Crippen LogP contribution in [0.25, 0.3) is 11.2 Å². The van der Waals surface area contributed by atoms with E-state index in [9.17, 15) is 5.26 Å². The van der Waals surface area contributed by atoms with E-state index in [1.54, 1.807) is 25.6 Å². The van der Waals surface area contributed by atoms with Gasteiger partial charge in [-0.25, -0.2) is 4.98 Å². The fourth-order valence-corrected chi connectivity index (χ4v) is 4.15. The van der Waals surface area contributed by atoms with Gasteiger partial charge in [-0.05, 0) is 49.4 Å². The van der Waals surface area contributed by atoms with Crippen molar-refractivity contribution < 1.29 is 4.74 Å². The molecular formula is C25H26N8O. The first kappa shape index (κ1) is 21.5. The van der Waals surface area contributed by atoms with Crippen molar-refractivity contribution in [3.63, 3.8) is 0 Å². The van der Waals surface area contributed by atoms with E-state index in [1.807, 2.05) is 28.8 Å². The molecule has 0 amide bonds. The smallest absolute Gasteiger partial charge is 0.229 e. The SMILES string of the molecule is CCn1cnc2c(Nc3cccc(C#N)c3)nc(N3CCN(c4ccc(OC)cc4)CC3)nc21. The van der Waals surface area contributed by atoms with Crippen LogP contribution in [0.3, 0.4) is 0 Å². The number of methoxy groups -OCH3 is 1. The molecule has 3 heterocycles. The molecule has 0 bridgehead atoms. The van der Waals surface area contributed by atoms with Gasteiger partial charge < -0.3 is 24.4 Å². The molecule has 172 valence electrons. The molecule has 1 fully saturated rings. The molecule has 34 heavy (non-hydrogen) atoms. The maximum absolute atomic E-state index is 9.24. The van der Waals surface area contributed by atoms with Gasteiger partial charge >= 0.3 is 0 Å². The Morgan fingerprint density at radius 2 is 1.79 bits per heavy atom. The first-order valence-electron chi connectivity index (χ1n) is 11.3. The van der Waals surface area contributed by atoms with E-state index in [0.29, 0.717) is 22.8 Å². The number of anilines is 4. The van der Waals surface area contributed by atoms with Crippen LogP contribution < -0.4 is 19.9 Å². The van der Waals surface area contributed by atoms with Crippen LogP contribution in [0.2, 0.25) is 0 Å². The van der Waals surface area contributed by atoms with E-state index < -0.39 is 0 Å².